The second kappa shape index (κ2) is 7.48. The first-order valence-electron chi connectivity index (χ1n) is 8.70. The van der Waals surface area contributed by atoms with Crippen molar-refractivity contribution >= 4 is 6.09 Å². The van der Waals surface area contributed by atoms with Crippen molar-refractivity contribution in [1.29, 1.82) is 0 Å². The number of hydrazine groups is 1. The maximum absolute atomic E-state index is 11.8. The van der Waals surface area contributed by atoms with Gasteiger partial charge in [-0.25, -0.2) is 10.2 Å². The monoisotopic (exact) mass is 296 g/mol. The first-order valence-corrected chi connectivity index (χ1v) is 8.70. The van der Waals surface area contributed by atoms with E-state index in [1.54, 1.807) is 0 Å². The molecule has 2 saturated carbocycles. The summed E-state index contributed by atoms with van der Waals surface area (Å²) in [5.74, 6) is 1.56. The minimum Gasteiger partial charge on any atom is -0.443 e. The molecule has 2 atom stereocenters. The van der Waals surface area contributed by atoms with E-state index in [2.05, 4.69) is 10.9 Å². The van der Waals surface area contributed by atoms with Gasteiger partial charge in [0.25, 0.3) is 0 Å². The molecule has 0 spiro atoms. The van der Waals surface area contributed by atoms with E-state index in [-0.39, 0.29) is 6.09 Å². The fraction of sp³-hybridized carbons (Fsp3) is 0.941. The van der Waals surface area contributed by atoms with Crippen molar-refractivity contribution in [1.82, 2.24) is 10.9 Å². The van der Waals surface area contributed by atoms with Crippen LogP contribution < -0.4 is 10.9 Å². The van der Waals surface area contributed by atoms with Crippen LogP contribution in [0.15, 0.2) is 0 Å². The highest BCUT2D eigenvalue weighted by atomic mass is 16.6. The number of hydrogen-bond acceptors (Lipinski definition) is 3. The Morgan fingerprint density at radius 3 is 2.24 bits per heavy atom. The molecule has 0 saturated heterocycles. The summed E-state index contributed by atoms with van der Waals surface area (Å²) in [5, 5.41) is 0. The van der Waals surface area contributed by atoms with Crippen molar-refractivity contribution in [3.8, 4) is 0 Å². The molecule has 0 heterocycles. The molecule has 0 aromatic heterocycles. The van der Waals surface area contributed by atoms with Crippen molar-refractivity contribution in [3.05, 3.63) is 0 Å². The van der Waals surface area contributed by atoms with Crippen LogP contribution >= 0.6 is 0 Å². The van der Waals surface area contributed by atoms with Crippen molar-refractivity contribution < 1.29 is 9.53 Å². The summed E-state index contributed by atoms with van der Waals surface area (Å²) in [6.45, 7) is 5.66. The molecule has 1 amide bonds. The van der Waals surface area contributed by atoms with Gasteiger partial charge in [0, 0.05) is 6.04 Å². The van der Waals surface area contributed by atoms with Crippen LogP contribution in [0.1, 0.15) is 78.6 Å². The third-order valence-corrected chi connectivity index (χ3v) is 4.83. The molecule has 0 aromatic carbocycles. The van der Waals surface area contributed by atoms with Crippen molar-refractivity contribution in [2.75, 3.05) is 0 Å². The summed E-state index contributed by atoms with van der Waals surface area (Å²) in [6, 6.07) is 0.411. The maximum atomic E-state index is 11.8. The third kappa shape index (κ3) is 5.50. The number of rotatable bonds is 3. The highest BCUT2D eigenvalue weighted by molar-refractivity contribution is 5.67. The Kier molecular flexibility index (Phi) is 5.91. The van der Waals surface area contributed by atoms with Gasteiger partial charge >= 0.3 is 6.09 Å². The van der Waals surface area contributed by atoms with Crippen LogP contribution in [0.3, 0.4) is 0 Å². The van der Waals surface area contributed by atoms with E-state index >= 15 is 0 Å². The summed E-state index contributed by atoms with van der Waals surface area (Å²) < 4.78 is 5.30. The van der Waals surface area contributed by atoms with Crippen LogP contribution in [0.5, 0.6) is 0 Å². The molecule has 21 heavy (non-hydrogen) atoms. The Bertz CT molecular complexity index is 332. The standard InChI is InChI=1S/C17H32N2O2/c1-17(2,3)21-16(20)19-18-15-12-8-7-11-14(15)13-9-5-4-6-10-13/h13-15,18H,4-12H2,1-3H3,(H,19,20). The smallest absolute Gasteiger partial charge is 0.422 e. The first kappa shape index (κ1) is 16.6. The van der Waals surface area contributed by atoms with Crippen molar-refractivity contribution in [3.63, 3.8) is 0 Å². The summed E-state index contributed by atoms with van der Waals surface area (Å²) in [6.07, 6.45) is 11.6. The average molecular weight is 296 g/mol. The lowest BCUT2D eigenvalue weighted by Gasteiger charge is -2.39. The third-order valence-electron chi connectivity index (χ3n) is 4.83. The normalized spacial score (nSPS) is 28.1. The van der Waals surface area contributed by atoms with Crippen molar-refractivity contribution in [2.24, 2.45) is 11.8 Å². The maximum Gasteiger partial charge on any atom is 0.422 e. The molecule has 122 valence electrons. The van der Waals surface area contributed by atoms with Crippen molar-refractivity contribution in [2.45, 2.75) is 90.2 Å². The van der Waals surface area contributed by atoms with E-state index in [0.29, 0.717) is 12.0 Å². The second-order valence-electron chi connectivity index (χ2n) is 7.72. The lowest BCUT2D eigenvalue weighted by atomic mass is 9.71. The number of amides is 1. The molecule has 2 rings (SSSR count). The average Bonchev–Trinajstić information content (AvgIpc) is 2.45. The van der Waals surface area contributed by atoms with Crippen LogP contribution in [0, 0.1) is 11.8 Å². The largest absolute Gasteiger partial charge is 0.443 e. The van der Waals surface area contributed by atoms with Crippen LogP contribution in [-0.2, 0) is 4.74 Å². The Balaban J connectivity index is 1.82. The van der Waals surface area contributed by atoms with E-state index < -0.39 is 5.60 Å². The van der Waals surface area contributed by atoms with E-state index in [4.69, 9.17) is 4.74 Å². The number of hydrogen-bond donors (Lipinski definition) is 2. The predicted molar refractivity (Wildman–Crippen MR) is 84.8 cm³/mol. The first-order chi connectivity index (χ1) is 9.96. The molecule has 2 aliphatic rings. The van der Waals surface area contributed by atoms with Crippen LogP contribution in [0.2, 0.25) is 0 Å². The second-order valence-corrected chi connectivity index (χ2v) is 7.72. The van der Waals surface area contributed by atoms with Gasteiger partial charge in [0.1, 0.15) is 5.60 Å². The highest BCUT2D eigenvalue weighted by Gasteiger charge is 2.32. The molecular weight excluding hydrogens is 264 g/mol. The molecule has 0 aromatic rings. The summed E-state index contributed by atoms with van der Waals surface area (Å²) in [7, 11) is 0. The Labute approximate surface area is 129 Å². The van der Waals surface area contributed by atoms with Gasteiger partial charge in [0.05, 0.1) is 0 Å². The van der Waals surface area contributed by atoms with Gasteiger partial charge in [0.15, 0.2) is 0 Å². The Morgan fingerprint density at radius 1 is 0.952 bits per heavy atom. The predicted octanol–water partition coefficient (Wildman–Crippen LogP) is 4.15. The minimum absolute atomic E-state index is 0.365. The number of carbonyl (C=O) groups excluding carboxylic acids is 1. The molecule has 0 aliphatic heterocycles. The van der Waals surface area contributed by atoms with E-state index in [0.717, 1.165) is 12.3 Å². The van der Waals surface area contributed by atoms with Crippen LogP contribution in [0.25, 0.3) is 0 Å². The quantitative estimate of drug-likeness (QED) is 0.769. The zero-order valence-corrected chi connectivity index (χ0v) is 13.9. The zero-order valence-electron chi connectivity index (χ0n) is 13.9. The molecule has 0 radical (unpaired) electrons. The molecule has 2 fully saturated rings. The van der Waals surface area contributed by atoms with Crippen LogP contribution in [-0.4, -0.2) is 17.7 Å². The number of nitrogens with one attached hydrogen (secondary N) is 2. The fourth-order valence-corrected chi connectivity index (χ4v) is 3.92. The van der Waals surface area contributed by atoms with Gasteiger partial charge < -0.3 is 4.74 Å². The minimum atomic E-state index is -0.443. The number of ether oxygens (including phenoxy) is 1. The van der Waals surface area contributed by atoms with Gasteiger partial charge in [-0.3, -0.25) is 5.43 Å². The molecule has 2 N–H and O–H groups in total. The van der Waals surface area contributed by atoms with Gasteiger partial charge in [-0.05, 0) is 45.4 Å². The highest BCUT2D eigenvalue weighted by Crippen LogP contribution is 2.38. The van der Waals surface area contributed by atoms with Crippen LogP contribution in [0.4, 0.5) is 4.79 Å². The SMILES string of the molecule is CC(C)(C)OC(=O)NNC1CCCCC1C1CCCCC1. The summed E-state index contributed by atoms with van der Waals surface area (Å²) in [5.41, 5.74) is 5.59. The molecule has 2 aliphatic carbocycles. The Hall–Kier alpha value is -0.770. The zero-order chi connectivity index (χ0) is 15.3. The lowest BCUT2D eigenvalue weighted by Crippen LogP contribution is -2.51. The van der Waals surface area contributed by atoms with E-state index in [1.807, 2.05) is 20.8 Å². The summed E-state index contributed by atoms with van der Waals surface area (Å²) >= 11 is 0. The van der Waals surface area contributed by atoms with Gasteiger partial charge in [-0.1, -0.05) is 44.9 Å². The van der Waals surface area contributed by atoms with E-state index in [9.17, 15) is 4.79 Å². The molecule has 4 heteroatoms. The molecule has 0 bridgehead atoms. The fourth-order valence-electron chi connectivity index (χ4n) is 3.92. The topological polar surface area (TPSA) is 50.4 Å². The molecule has 2 unspecified atom stereocenters. The number of carbonyl (C=O) groups is 1. The van der Waals surface area contributed by atoms with Gasteiger partial charge in [0.2, 0.25) is 0 Å². The lowest BCUT2D eigenvalue weighted by molar-refractivity contribution is 0.0452. The van der Waals surface area contributed by atoms with Gasteiger partial charge in [-0.15, -0.1) is 0 Å². The molecule has 4 nitrogen and oxygen atoms in total. The molecular formula is C17H32N2O2. The Morgan fingerprint density at radius 2 is 1.57 bits per heavy atom. The van der Waals surface area contributed by atoms with E-state index in [1.165, 1.54) is 51.4 Å². The summed E-state index contributed by atoms with van der Waals surface area (Å²) in [4.78, 5) is 11.8. The van der Waals surface area contributed by atoms with Gasteiger partial charge in [-0.2, -0.15) is 0 Å².